The van der Waals surface area contributed by atoms with Crippen molar-refractivity contribution in [2.24, 2.45) is 0 Å². The number of methoxy groups -OCH3 is 1. The summed E-state index contributed by atoms with van der Waals surface area (Å²) in [5.41, 5.74) is 0.834. The molecule has 14 heavy (non-hydrogen) atoms. The maximum Gasteiger partial charge on any atom is 0.235 e. The van der Waals surface area contributed by atoms with Gasteiger partial charge in [-0.2, -0.15) is 0 Å². The standard InChI is InChI=1S/C8H11ClN2O2S/c1-13-4-8-11-6(5-14-8)3-10-7(12)2-9/h5H,2-4H2,1H3,(H,10,12). The van der Waals surface area contributed by atoms with E-state index in [1.165, 1.54) is 11.3 Å². The Morgan fingerprint density at radius 1 is 1.79 bits per heavy atom. The minimum atomic E-state index is -0.187. The molecule has 0 spiro atoms. The van der Waals surface area contributed by atoms with Crippen LogP contribution in [0.1, 0.15) is 10.7 Å². The highest BCUT2D eigenvalue weighted by Gasteiger charge is 2.03. The van der Waals surface area contributed by atoms with E-state index in [2.05, 4.69) is 10.3 Å². The summed E-state index contributed by atoms with van der Waals surface area (Å²) in [5.74, 6) is -0.206. The summed E-state index contributed by atoms with van der Waals surface area (Å²) >= 11 is 6.84. The third-order valence-corrected chi connectivity index (χ3v) is 2.57. The van der Waals surface area contributed by atoms with Crippen molar-refractivity contribution in [2.75, 3.05) is 13.0 Å². The fourth-order valence-electron chi connectivity index (χ4n) is 0.856. The first-order valence-electron chi connectivity index (χ1n) is 4.01. The fourth-order valence-corrected chi connectivity index (χ4v) is 1.71. The SMILES string of the molecule is COCc1nc(CNC(=O)CCl)cs1. The second kappa shape index (κ2) is 5.95. The van der Waals surface area contributed by atoms with Crippen molar-refractivity contribution in [3.05, 3.63) is 16.1 Å². The smallest absolute Gasteiger partial charge is 0.235 e. The van der Waals surface area contributed by atoms with Gasteiger partial charge in [-0.25, -0.2) is 4.98 Å². The lowest BCUT2D eigenvalue weighted by atomic mass is 10.5. The Morgan fingerprint density at radius 3 is 3.21 bits per heavy atom. The van der Waals surface area contributed by atoms with E-state index in [4.69, 9.17) is 16.3 Å². The van der Waals surface area contributed by atoms with Gasteiger partial charge in [0.2, 0.25) is 5.91 Å². The van der Waals surface area contributed by atoms with Gasteiger partial charge in [0.1, 0.15) is 10.9 Å². The van der Waals surface area contributed by atoms with Crippen molar-refractivity contribution < 1.29 is 9.53 Å². The molecule has 1 aromatic rings. The summed E-state index contributed by atoms with van der Waals surface area (Å²) in [4.78, 5) is 15.1. The highest BCUT2D eigenvalue weighted by molar-refractivity contribution is 7.09. The van der Waals surface area contributed by atoms with Crippen LogP contribution in [0.2, 0.25) is 0 Å². The van der Waals surface area contributed by atoms with Crippen LogP contribution in [-0.2, 0) is 22.7 Å². The number of alkyl halides is 1. The minimum absolute atomic E-state index is 0.0188. The molecule has 0 saturated heterocycles. The number of aromatic nitrogens is 1. The van der Waals surface area contributed by atoms with E-state index in [0.717, 1.165) is 10.7 Å². The average Bonchev–Trinajstić information content (AvgIpc) is 2.63. The predicted octanol–water partition coefficient (Wildman–Crippen LogP) is 1.14. The molecule has 78 valence electrons. The molecule has 1 N–H and O–H groups in total. The van der Waals surface area contributed by atoms with Crippen LogP contribution in [0.4, 0.5) is 0 Å². The number of hydrogen-bond donors (Lipinski definition) is 1. The van der Waals surface area contributed by atoms with Crippen molar-refractivity contribution in [2.45, 2.75) is 13.2 Å². The molecule has 4 nitrogen and oxygen atoms in total. The number of ether oxygens (including phenoxy) is 1. The normalized spacial score (nSPS) is 10.1. The van der Waals surface area contributed by atoms with Gasteiger partial charge in [0.25, 0.3) is 0 Å². The van der Waals surface area contributed by atoms with Crippen LogP contribution < -0.4 is 5.32 Å². The number of nitrogens with zero attached hydrogens (tertiary/aromatic N) is 1. The molecule has 0 aliphatic carbocycles. The van der Waals surface area contributed by atoms with E-state index in [9.17, 15) is 4.79 Å². The summed E-state index contributed by atoms with van der Waals surface area (Å²) in [5, 5.41) is 5.43. The van der Waals surface area contributed by atoms with Gasteiger partial charge in [0.05, 0.1) is 18.8 Å². The fraction of sp³-hybridized carbons (Fsp3) is 0.500. The summed E-state index contributed by atoms with van der Waals surface area (Å²) in [6, 6.07) is 0. The van der Waals surface area contributed by atoms with Gasteiger partial charge in [-0.15, -0.1) is 22.9 Å². The maximum atomic E-state index is 10.8. The monoisotopic (exact) mass is 234 g/mol. The van der Waals surface area contributed by atoms with Crippen LogP contribution in [0.5, 0.6) is 0 Å². The van der Waals surface area contributed by atoms with Gasteiger partial charge in [0, 0.05) is 12.5 Å². The molecule has 1 aromatic heterocycles. The van der Waals surface area contributed by atoms with E-state index in [0.29, 0.717) is 13.2 Å². The van der Waals surface area contributed by atoms with E-state index in [1.807, 2.05) is 5.38 Å². The lowest BCUT2D eigenvalue weighted by Crippen LogP contribution is -2.23. The van der Waals surface area contributed by atoms with Gasteiger partial charge in [0.15, 0.2) is 0 Å². The van der Waals surface area contributed by atoms with Crippen molar-refractivity contribution in [3.8, 4) is 0 Å². The number of thiazole rings is 1. The third-order valence-electron chi connectivity index (χ3n) is 1.46. The van der Waals surface area contributed by atoms with Crippen LogP contribution >= 0.6 is 22.9 Å². The number of amides is 1. The number of halogens is 1. The predicted molar refractivity (Wildman–Crippen MR) is 55.4 cm³/mol. The van der Waals surface area contributed by atoms with E-state index >= 15 is 0 Å². The zero-order valence-corrected chi connectivity index (χ0v) is 9.32. The number of rotatable bonds is 5. The number of nitrogens with one attached hydrogen (secondary N) is 1. The zero-order chi connectivity index (χ0) is 10.4. The molecule has 0 aliphatic heterocycles. The maximum absolute atomic E-state index is 10.8. The van der Waals surface area contributed by atoms with E-state index < -0.39 is 0 Å². The largest absolute Gasteiger partial charge is 0.378 e. The second-order valence-corrected chi connectivity index (χ2v) is 3.79. The van der Waals surface area contributed by atoms with Crippen LogP contribution in [0.3, 0.4) is 0 Å². The first kappa shape index (κ1) is 11.4. The van der Waals surface area contributed by atoms with E-state index in [1.54, 1.807) is 7.11 Å². The van der Waals surface area contributed by atoms with Crippen LogP contribution in [0, 0.1) is 0 Å². The number of carbonyl (C=O) groups excluding carboxylic acids is 1. The van der Waals surface area contributed by atoms with Crippen molar-refractivity contribution in [1.82, 2.24) is 10.3 Å². The summed E-state index contributed by atoms with van der Waals surface area (Å²) in [6.07, 6.45) is 0. The molecule has 0 fully saturated rings. The molecule has 1 rings (SSSR count). The molecule has 0 aliphatic rings. The molecule has 0 saturated carbocycles. The van der Waals surface area contributed by atoms with Crippen molar-refractivity contribution in [1.29, 1.82) is 0 Å². The van der Waals surface area contributed by atoms with Gasteiger partial charge in [-0.05, 0) is 0 Å². The van der Waals surface area contributed by atoms with Gasteiger partial charge in [-0.3, -0.25) is 4.79 Å². The molecular weight excluding hydrogens is 224 g/mol. The topological polar surface area (TPSA) is 51.2 Å². The molecule has 0 radical (unpaired) electrons. The first-order valence-corrected chi connectivity index (χ1v) is 5.42. The molecule has 1 amide bonds. The molecule has 6 heteroatoms. The highest BCUT2D eigenvalue weighted by atomic mass is 35.5. The van der Waals surface area contributed by atoms with Crippen molar-refractivity contribution in [3.63, 3.8) is 0 Å². The quantitative estimate of drug-likeness (QED) is 0.778. The molecule has 0 aromatic carbocycles. The Balaban J connectivity index is 2.39. The van der Waals surface area contributed by atoms with Gasteiger partial charge < -0.3 is 10.1 Å². The summed E-state index contributed by atoms with van der Waals surface area (Å²) in [7, 11) is 1.62. The third kappa shape index (κ3) is 3.61. The Morgan fingerprint density at radius 2 is 2.57 bits per heavy atom. The second-order valence-electron chi connectivity index (χ2n) is 2.58. The van der Waals surface area contributed by atoms with Crippen LogP contribution in [-0.4, -0.2) is 23.9 Å². The Bertz CT molecular complexity index is 303. The van der Waals surface area contributed by atoms with E-state index in [-0.39, 0.29) is 11.8 Å². The molecule has 0 bridgehead atoms. The van der Waals surface area contributed by atoms with Gasteiger partial charge in [-0.1, -0.05) is 0 Å². The molecule has 0 atom stereocenters. The Hall–Kier alpha value is -0.650. The lowest BCUT2D eigenvalue weighted by Gasteiger charge is -1.98. The average molecular weight is 235 g/mol. The lowest BCUT2D eigenvalue weighted by molar-refractivity contribution is -0.118. The number of carbonyl (C=O) groups is 1. The Kier molecular flexibility index (Phi) is 4.86. The van der Waals surface area contributed by atoms with Crippen LogP contribution in [0.25, 0.3) is 0 Å². The minimum Gasteiger partial charge on any atom is -0.378 e. The zero-order valence-electron chi connectivity index (χ0n) is 7.75. The molecular formula is C8H11ClN2O2S. The van der Waals surface area contributed by atoms with Gasteiger partial charge >= 0.3 is 0 Å². The summed E-state index contributed by atoms with van der Waals surface area (Å²) in [6.45, 7) is 0.930. The summed E-state index contributed by atoms with van der Waals surface area (Å²) < 4.78 is 4.93. The molecule has 0 unspecified atom stereocenters. The first-order chi connectivity index (χ1) is 6.76. The van der Waals surface area contributed by atoms with Crippen LogP contribution in [0.15, 0.2) is 5.38 Å². The Labute approximate surface area is 91.2 Å². The molecule has 1 heterocycles. The number of hydrogen-bond acceptors (Lipinski definition) is 4. The highest BCUT2D eigenvalue weighted by Crippen LogP contribution is 2.10. The van der Waals surface area contributed by atoms with Crippen molar-refractivity contribution >= 4 is 28.8 Å².